The van der Waals surface area contributed by atoms with E-state index in [4.69, 9.17) is 4.74 Å². The molecule has 0 N–H and O–H groups in total. The lowest BCUT2D eigenvalue weighted by molar-refractivity contribution is -0.134. The highest BCUT2D eigenvalue weighted by atomic mass is 16.5. The van der Waals surface area contributed by atoms with Gasteiger partial charge in [0.2, 0.25) is 11.8 Å². The molecule has 3 atom stereocenters. The van der Waals surface area contributed by atoms with Crippen molar-refractivity contribution in [3.8, 4) is 0 Å². The van der Waals surface area contributed by atoms with Gasteiger partial charge in [0.25, 0.3) is 0 Å². The zero-order valence-corrected chi connectivity index (χ0v) is 23.8. The van der Waals surface area contributed by atoms with E-state index < -0.39 is 0 Å². The van der Waals surface area contributed by atoms with Crippen molar-refractivity contribution >= 4 is 17.5 Å². The maximum atomic E-state index is 13.8. The Hall–Kier alpha value is -2.70. The smallest absolute Gasteiger partial charge is 0.229 e. The molecule has 5 rings (SSSR count). The van der Waals surface area contributed by atoms with Gasteiger partial charge < -0.3 is 14.5 Å². The number of amides is 2. The Balaban J connectivity index is 1.48. The number of rotatable bonds is 6. The van der Waals surface area contributed by atoms with Crippen LogP contribution in [-0.4, -0.2) is 59.5 Å². The first-order chi connectivity index (χ1) is 19.0. The summed E-state index contributed by atoms with van der Waals surface area (Å²) in [4.78, 5) is 34.1. The molecule has 2 aromatic carbocycles. The Morgan fingerprint density at radius 2 is 1.69 bits per heavy atom. The van der Waals surface area contributed by atoms with Gasteiger partial charge in [-0.1, -0.05) is 68.8 Å². The zero-order chi connectivity index (χ0) is 27.2. The molecule has 6 heteroatoms. The van der Waals surface area contributed by atoms with Gasteiger partial charge >= 0.3 is 0 Å². The normalized spacial score (nSPS) is 24.3. The molecule has 3 aliphatic rings. The fourth-order valence-electron chi connectivity index (χ4n) is 6.65. The van der Waals surface area contributed by atoms with Gasteiger partial charge in [0.05, 0.1) is 6.10 Å². The number of piperidine rings is 1. The molecule has 3 unspecified atom stereocenters. The van der Waals surface area contributed by atoms with Crippen LogP contribution in [0, 0.1) is 5.92 Å². The molecule has 0 spiro atoms. The first-order valence-electron chi connectivity index (χ1n) is 15.1. The Kier molecular flexibility index (Phi) is 9.36. The topological polar surface area (TPSA) is 53.1 Å². The summed E-state index contributed by atoms with van der Waals surface area (Å²) in [5.41, 5.74) is 3.32. The largest absolute Gasteiger partial charge is 0.378 e. The van der Waals surface area contributed by atoms with Gasteiger partial charge in [-0.05, 0) is 55.7 Å². The van der Waals surface area contributed by atoms with Crippen molar-refractivity contribution in [1.29, 1.82) is 0 Å². The van der Waals surface area contributed by atoms with Crippen molar-refractivity contribution in [1.82, 2.24) is 9.80 Å². The van der Waals surface area contributed by atoms with Crippen molar-refractivity contribution in [2.75, 3.05) is 24.6 Å². The Bertz CT molecular complexity index is 1100. The number of nitrogens with zero attached hydrogens (tertiary/aromatic N) is 3. The number of para-hydroxylation sites is 1. The highest BCUT2D eigenvalue weighted by molar-refractivity contribution is 5.95. The van der Waals surface area contributed by atoms with E-state index in [-0.39, 0.29) is 23.8 Å². The average molecular weight is 532 g/mol. The summed E-state index contributed by atoms with van der Waals surface area (Å²) in [5, 5.41) is 0. The van der Waals surface area contributed by atoms with Crippen molar-refractivity contribution < 1.29 is 14.3 Å². The van der Waals surface area contributed by atoms with Crippen molar-refractivity contribution in [3.05, 3.63) is 65.7 Å². The summed E-state index contributed by atoms with van der Waals surface area (Å²) in [6, 6.07) is 19.6. The summed E-state index contributed by atoms with van der Waals surface area (Å²) in [6.45, 7) is 7.60. The van der Waals surface area contributed by atoms with Gasteiger partial charge in [-0.3, -0.25) is 14.5 Å². The van der Waals surface area contributed by atoms with Crippen molar-refractivity contribution in [3.63, 3.8) is 0 Å². The van der Waals surface area contributed by atoms with E-state index in [0.29, 0.717) is 31.6 Å². The molecule has 2 bridgehead atoms. The second kappa shape index (κ2) is 13.1. The number of hydrogen-bond acceptors (Lipinski definition) is 4. The second-order valence-electron chi connectivity index (χ2n) is 11.9. The molecule has 0 aliphatic carbocycles. The van der Waals surface area contributed by atoms with Crippen LogP contribution < -0.4 is 4.90 Å². The first kappa shape index (κ1) is 27.9. The minimum atomic E-state index is -0.0909. The van der Waals surface area contributed by atoms with Crippen LogP contribution in [0.3, 0.4) is 0 Å². The van der Waals surface area contributed by atoms with Crippen LogP contribution in [0.15, 0.2) is 54.6 Å². The fraction of sp³-hybridized carbons (Fsp3) is 0.576. The third-order valence-electron chi connectivity index (χ3n) is 8.80. The zero-order valence-electron chi connectivity index (χ0n) is 23.8. The lowest BCUT2D eigenvalue weighted by atomic mass is 9.92. The lowest BCUT2D eigenvalue weighted by Gasteiger charge is -2.44. The molecule has 2 fully saturated rings. The molecule has 39 heavy (non-hydrogen) atoms. The SMILES string of the molecule is CC(C)C(=O)N1CCC2CCCC(CN(C(=O)CCC3CCCO3)Cc3ccccc31)N2Cc1ccccc1. The molecule has 2 amide bonds. The first-order valence-corrected chi connectivity index (χ1v) is 15.1. The minimum absolute atomic E-state index is 0.0909. The molecule has 2 aromatic rings. The molecule has 0 aromatic heterocycles. The molecule has 0 saturated carbocycles. The van der Waals surface area contributed by atoms with Crippen molar-refractivity contribution in [2.45, 2.75) is 96.5 Å². The van der Waals surface area contributed by atoms with Gasteiger partial charge in [0.1, 0.15) is 0 Å². The van der Waals surface area contributed by atoms with E-state index >= 15 is 0 Å². The number of fused-ring (bicyclic) bond motifs is 3. The van der Waals surface area contributed by atoms with Gasteiger partial charge in [0.15, 0.2) is 0 Å². The number of carbonyl (C=O) groups excluding carboxylic acids is 2. The van der Waals surface area contributed by atoms with E-state index in [1.807, 2.05) is 30.9 Å². The number of anilines is 1. The molecule has 3 heterocycles. The van der Waals surface area contributed by atoms with Crippen molar-refractivity contribution in [2.24, 2.45) is 5.92 Å². The van der Waals surface area contributed by atoms with Crippen LogP contribution in [0.2, 0.25) is 0 Å². The van der Waals surface area contributed by atoms with E-state index in [2.05, 4.69) is 52.3 Å². The molecular weight excluding hydrogens is 486 g/mol. The van der Waals surface area contributed by atoms with Crippen LogP contribution in [-0.2, 0) is 27.4 Å². The molecular formula is C33H45N3O3. The van der Waals surface area contributed by atoms with Crippen LogP contribution in [0.4, 0.5) is 5.69 Å². The number of benzene rings is 2. The Labute approximate surface area is 234 Å². The summed E-state index contributed by atoms with van der Waals surface area (Å²) in [6.07, 6.45) is 7.96. The van der Waals surface area contributed by atoms with Gasteiger partial charge in [0, 0.05) is 62.9 Å². The molecule has 6 nitrogen and oxygen atoms in total. The molecule has 3 aliphatic heterocycles. The molecule has 2 saturated heterocycles. The van der Waals surface area contributed by atoms with Crippen LogP contribution >= 0.6 is 0 Å². The van der Waals surface area contributed by atoms with Gasteiger partial charge in [-0.2, -0.15) is 0 Å². The predicted octanol–water partition coefficient (Wildman–Crippen LogP) is 5.79. The van der Waals surface area contributed by atoms with E-state index in [0.717, 1.165) is 75.9 Å². The quantitative estimate of drug-likeness (QED) is 0.474. The van der Waals surface area contributed by atoms with Crippen LogP contribution in [0.5, 0.6) is 0 Å². The third-order valence-corrected chi connectivity index (χ3v) is 8.80. The van der Waals surface area contributed by atoms with E-state index in [9.17, 15) is 9.59 Å². The maximum Gasteiger partial charge on any atom is 0.229 e. The summed E-state index contributed by atoms with van der Waals surface area (Å²) in [5.74, 6) is 0.259. The summed E-state index contributed by atoms with van der Waals surface area (Å²) in [7, 11) is 0. The predicted molar refractivity (Wildman–Crippen MR) is 155 cm³/mol. The molecule has 0 radical (unpaired) electrons. The standard InChI is InChI=1S/C33H45N3O3/c1-25(2)33(38)35-20-19-28-13-8-14-29(36(28)22-26-10-4-3-5-11-26)24-34(23-27-12-6-7-16-31(27)35)32(37)18-17-30-15-9-21-39-30/h3-7,10-12,16,25,28-30H,8-9,13-15,17-24H2,1-2H3. The second-order valence-corrected chi connectivity index (χ2v) is 11.9. The molecule has 210 valence electrons. The van der Waals surface area contributed by atoms with Gasteiger partial charge in [-0.15, -0.1) is 0 Å². The lowest BCUT2D eigenvalue weighted by Crippen LogP contribution is -2.52. The Morgan fingerprint density at radius 3 is 2.46 bits per heavy atom. The van der Waals surface area contributed by atoms with Gasteiger partial charge in [-0.25, -0.2) is 0 Å². The monoisotopic (exact) mass is 531 g/mol. The minimum Gasteiger partial charge on any atom is -0.378 e. The highest BCUT2D eigenvalue weighted by Crippen LogP contribution is 2.32. The van der Waals surface area contributed by atoms with E-state index in [1.54, 1.807) is 0 Å². The third kappa shape index (κ3) is 6.90. The summed E-state index contributed by atoms with van der Waals surface area (Å²) >= 11 is 0. The van der Waals surface area contributed by atoms with Crippen LogP contribution in [0.1, 0.15) is 76.3 Å². The average Bonchev–Trinajstić information content (AvgIpc) is 3.47. The summed E-state index contributed by atoms with van der Waals surface area (Å²) < 4.78 is 5.83. The fourth-order valence-corrected chi connectivity index (χ4v) is 6.65. The number of hydrogen-bond donors (Lipinski definition) is 0. The number of ether oxygens (including phenoxy) is 1. The maximum absolute atomic E-state index is 13.8. The highest BCUT2D eigenvalue weighted by Gasteiger charge is 2.35. The van der Waals surface area contributed by atoms with E-state index in [1.165, 1.54) is 5.56 Å². The Morgan fingerprint density at radius 1 is 0.923 bits per heavy atom. The number of carbonyl (C=O) groups is 2. The van der Waals surface area contributed by atoms with Crippen LogP contribution in [0.25, 0.3) is 0 Å².